The molecule has 2 nitrogen and oxygen atoms in total. The van der Waals surface area contributed by atoms with Crippen LogP contribution in [0.5, 0.6) is 0 Å². The molecule has 0 aliphatic heterocycles. The summed E-state index contributed by atoms with van der Waals surface area (Å²) < 4.78 is 0. The molecule has 3 rings (SSSR count). The summed E-state index contributed by atoms with van der Waals surface area (Å²) in [5, 5.41) is 0. The third kappa shape index (κ3) is 2.74. The topological polar surface area (TPSA) is 43.1 Å². The average Bonchev–Trinajstić information content (AvgIpc) is 2.36. The van der Waals surface area contributed by atoms with Crippen molar-refractivity contribution in [1.29, 1.82) is 0 Å². The highest BCUT2D eigenvalue weighted by Crippen LogP contribution is 2.38. The third-order valence-electron chi connectivity index (χ3n) is 4.83. The highest BCUT2D eigenvalue weighted by Gasteiger charge is 2.33. The molecule has 2 aliphatic carbocycles. The van der Waals surface area contributed by atoms with Gasteiger partial charge in [-0.3, -0.25) is 4.79 Å². The molecule has 19 heavy (non-hydrogen) atoms. The van der Waals surface area contributed by atoms with Gasteiger partial charge >= 0.3 is 0 Å². The van der Waals surface area contributed by atoms with Crippen molar-refractivity contribution >= 4 is 5.78 Å². The van der Waals surface area contributed by atoms with Crippen LogP contribution in [0.2, 0.25) is 0 Å². The van der Waals surface area contributed by atoms with Gasteiger partial charge in [0.15, 0.2) is 0 Å². The van der Waals surface area contributed by atoms with Crippen molar-refractivity contribution in [2.75, 3.05) is 0 Å². The van der Waals surface area contributed by atoms with E-state index in [2.05, 4.69) is 24.3 Å². The summed E-state index contributed by atoms with van der Waals surface area (Å²) in [4.78, 5) is 12.2. The lowest BCUT2D eigenvalue weighted by Gasteiger charge is -2.34. The van der Waals surface area contributed by atoms with E-state index in [4.69, 9.17) is 5.73 Å². The van der Waals surface area contributed by atoms with Crippen molar-refractivity contribution in [2.24, 2.45) is 5.73 Å². The highest BCUT2D eigenvalue weighted by atomic mass is 16.1. The first kappa shape index (κ1) is 12.9. The van der Waals surface area contributed by atoms with Gasteiger partial charge in [-0.1, -0.05) is 43.5 Å². The van der Waals surface area contributed by atoms with Crippen LogP contribution in [0.25, 0.3) is 0 Å². The summed E-state index contributed by atoms with van der Waals surface area (Å²) in [6, 6.07) is 8.48. The van der Waals surface area contributed by atoms with E-state index in [9.17, 15) is 4.79 Å². The lowest BCUT2D eigenvalue weighted by Crippen LogP contribution is -2.43. The Kier molecular flexibility index (Phi) is 3.44. The minimum atomic E-state index is -0.196. The zero-order valence-corrected chi connectivity index (χ0v) is 11.5. The van der Waals surface area contributed by atoms with Gasteiger partial charge < -0.3 is 5.73 Å². The Morgan fingerprint density at radius 2 is 1.95 bits per heavy atom. The SMILES string of the molecule is NC1(CC(=O)CC2Cc3ccccc32)CCCCC1. The molecule has 0 heterocycles. The number of ketones is 1. The maximum atomic E-state index is 12.2. The molecule has 2 aliphatic rings. The first-order chi connectivity index (χ1) is 9.16. The number of carbonyl (C=O) groups is 1. The Balaban J connectivity index is 1.55. The highest BCUT2D eigenvalue weighted by molar-refractivity contribution is 5.81. The fourth-order valence-corrected chi connectivity index (χ4v) is 3.72. The fraction of sp³-hybridized carbons (Fsp3) is 0.588. The first-order valence-electron chi connectivity index (χ1n) is 7.55. The molecule has 1 unspecified atom stereocenters. The van der Waals surface area contributed by atoms with Crippen LogP contribution in [-0.4, -0.2) is 11.3 Å². The van der Waals surface area contributed by atoms with E-state index < -0.39 is 0 Å². The molecule has 0 spiro atoms. The molecule has 1 aromatic rings. The van der Waals surface area contributed by atoms with E-state index in [0.29, 0.717) is 24.5 Å². The van der Waals surface area contributed by atoms with Gasteiger partial charge in [-0.05, 0) is 36.3 Å². The van der Waals surface area contributed by atoms with Gasteiger partial charge in [-0.25, -0.2) is 0 Å². The van der Waals surface area contributed by atoms with Gasteiger partial charge in [0.1, 0.15) is 5.78 Å². The van der Waals surface area contributed by atoms with Crippen LogP contribution in [-0.2, 0) is 11.2 Å². The van der Waals surface area contributed by atoms with Crippen molar-refractivity contribution < 1.29 is 4.79 Å². The second-order valence-electron chi connectivity index (χ2n) is 6.44. The first-order valence-corrected chi connectivity index (χ1v) is 7.55. The molecule has 1 atom stereocenters. The second kappa shape index (κ2) is 5.09. The van der Waals surface area contributed by atoms with Crippen LogP contribution >= 0.6 is 0 Å². The van der Waals surface area contributed by atoms with Crippen molar-refractivity contribution in [3.05, 3.63) is 35.4 Å². The van der Waals surface area contributed by atoms with Crippen molar-refractivity contribution in [3.63, 3.8) is 0 Å². The van der Waals surface area contributed by atoms with Gasteiger partial charge in [0.2, 0.25) is 0 Å². The summed E-state index contributed by atoms with van der Waals surface area (Å²) in [5.41, 5.74) is 8.97. The number of carbonyl (C=O) groups excluding carboxylic acids is 1. The molecule has 2 heteroatoms. The number of hydrogen-bond donors (Lipinski definition) is 1. The molecular weight excluding hydrogens is 234 g/mol. The molecule has 0 amide bonds. The lowest BCUT2D eigenvalue weighted by molar-refractivity contribution is -0.121. The molecule has 102 valence electrons. The predicted molar refractivity (Wildman–Crippen MR) is 77.1 cm³/mol. The Hall–Kier alpha value is -1.15. The average molecular weight is 257 g/mol. The van der Waals surface area contributed by atoms with Crippen LogP contribution in [0, 0.1) is 0 Å². The summed E-state index contributed by atoms with van der Waals surface area (Å²) in [6.45, 7) is 0. The van der Waals surface area contributed by atoms with Gasteiger partial charge in [-0.2, -0.15) is 0 Å². The molecule has 1 fully saturated rings. The van der Waals surface area contributed by atoms with Crippen LogP contribution < -0.4 is 5.73 Å². The summed E-state index contributed by atoms with van der Waals surface area (Å²) in [6.07, 6.45) is 8.07. The minimum absolute atomic E-state index is 0.196. The molecule has 1 aromatic carbocycles. The zero-order valence-electron chi connectivity index (χ0n) is 11.5. The fourth-order valence-electron chi connectivity index (χ4n) is 3.72. The standard InChI is InChI=1S/C17H23NO/c18-17(8-4-1-5-9-17)12-15(19)11-14-10-13-6-2-3-7-16(13)14/h2-3,6-7,14H,1,4-5,8-12,18H2. The van der Waals surface area contributed by atoms with Crippen LogP contribution in [0.4, 0.5) is 0 Å². The molecule has 1 saturated carbocycles. The van der Waals surface area contributed by atoms with E-state index >= 15 is 0 Å². The van der Waals surface area contributed by atoms with E-state index in [0.717, 1.165) is 19.3 Å². The zero-order chi connectivity index (χ0) is 13.3. The molecule has 2 N–H and O–H groups in total. The molecule has 0 radical (unpaired) electrons. The maximum Gasteiger partial charge on any atom is 0.135 e. The number of benzene rings is 1. The molecule has 0 aromatic heterocycles. The Labute approximate surface area is 115 Å². The van der Waals surface area contributed by atoms with Gasteiger partial charge in [0, 0.05) is 18.4 Å². The Bertz CT molecular complexity index is 474. The number of nitrogens with two attached hydrogens (primary N) is 1. The maximum absolute atomic E-state index is 12.2. The van der Waals surface area contributed by atoms with E-state index in [1.54, 1.807) is 0 Å². The number of Topliss-reactive ketones (excluding diaryl/α,β-unsaturated/α-hetero) is 1. The molecule has 0 saturated heterocycles. The van der Waals surface area contributed by atoms with Crippen LogP contribution in [0.3, 0.4) is 0 Å². The second-order valence-corrected chi connectivity index (χ2v) is 6.44. The largest absolute Gasteiger partial charge is 0.325 e. The van der Waals surface area contributed by atoms with Crippen molar-refractivity contribution in [2.45, 2.75) is 62.8 Å². The van der Waals surface area contributed by atoms with Crippen LogP contribution in [0.15, 0.2) is 24.3 Å². The quantitative estimate of drug-likeness (QED) is 0.899. The van der Waals surface area contributed by atoms with Gasteiger partial charge in [-0.15, -0.1) is 0 Å². The molecular formula is C17H23NO. The van der Waals surface area contributed by atoms with Gasteiger partial charge in [0.05, 0.1) is 0 Å². The van der Waals surface area contributed by atoms with Crippen molar-refractivity contribution in [3.8, 4) is 0 Å². The van der Waals surface area contributed by atoms with E-state index in [-0.39, 0.29) is 5.54 Å². The summed E-state index contributed by atoms with van der Waals surface area (Å²) in [7, 11) is 0. The summed E-state index contributed by atoms with van der Waals surface area (Å²) >= 11 is 0. The summed E-state index contributed by atoms with van der Waals surface area (Å²) in [5.74, 6) is 0.819. The van der Waals surface area contributed by atoms with E-state index in [1.165, 1.54) is 30.4 Å². The lowest BCUT2D eigenvalue weighted by atomic mass is 9.73. The number of rotatable bonds is 4. The van der Waals surface area contributed by atoms with Crippen LogP contribution in [0.1, 0.15) is 62.0 Å². The van der Waals surface area contributed by atoms with Crippen molar-refractivity contribution in [1.82, 2.24) is 0 Å². The van der Waals surface area contributed by atoms with E-state index in [1.807, 2.05) is 0 Å². The smallest absolute Gasteiger partial charge is 0.135 e. The normalized spacial score (nSPS) is 24.4. The predicted octanol–water partition coefficient (Wildman–Crippen LogP) is 3.34. The minimum Gasteiger partial charge on any atom is -0.325 e. The molecule has 0 bridgehead atoms. The third-order valence-corrected chi connectivity index (χ3v) is 4.83. The Morgan fingerprint density at radius 1 is 1.21 bits per heavy atom. The number of fused-ring (bicyclic) bond motifs is 1. The number of hydrogen-bond acceptors (Lipinski definition) is 2. The van der Waals surface area contributed by atoms with Gasteiger partial charge in [0.25, 0.3) is 0 Å². The Morgan fingerprint density at radius 3 is 2.68 bits per heavy atom. The monoisotopic (exact) mass is 257 g/mol.